The van der Waals surface area contributed by atoms with Crippen LogP contribution in [0.25, 0.3) is 10.2 Å². The molecule has 0 atom stereocenters. The average Bonchev–Trinajstić information content (AvgIpc) is 2.94. The molecule has 136 valence electrons. The fourth-order valence-corrected chi connectivity index (χ4v) is 3.38. The molecule has 0 unspecified atom stereocenters. The van der Waals surface area contributed by atoms with E-state index in [0.29, 0.717) is 22.7 Å². The van der Waals surface area contributed by atoms with Crippen molar-refractivity contribution in [3.05, 3.63) is 16.9 Å². The molecule has 25 heavy (non-hydrogen) atoms. The van der Waals surface area contributed by atoms with Gasteiger partial charge in [-0.2, -0.15) is 4.99 Å². The third kappa shape index (κ3) is 4.39. The number of amides is 1. The molecule has 1 heterocycles. The molecule has 0 fully saturated rings. The number of thiazole rings is 1. The van der Waals surface area contributed by atoms with Crippen LogP contribution in [-0.2, 0) is 20.9 Å². The standard InChI is InChI=1S/C17H22N2O5S/c1-5-6-7-15(20)18-17-19(10-16(21)24-4)11-8-12(22-2)13(23-3)9-14(11)25-17/h8-9H,5-7,10H2,1-4H3. The number of carbonyl (C=O) groups excluding carboxylic acids is 2. The van der Waals surface area contributed by atoms with Gasteiger partial charge >= 0.3 is 5.97 Å². The number of nitrogens with zero attached hydrogens (tertiary/aromatic N) is 2. The topological polar surface area (TPSA) is 79.1 Å². The first-order valence-corrected chi connectivity index (χ1v) is 8.75. The van der Waals surface area contributed by atoms with Crippen LogP contribution in [0.3, 0.4) is 0 Å². The summed E-state index contributed by atoms with van der Waals surface area (Å²) >= 11 is 1.32. The molecule has 0 radical (unpaired) electrons. The van der Waals surface area contributed by atoms with Crippen LogP contribution < -0.4 is 14.3 Å². The smallest absolute Gasteiger partial charge is 0.325 e. The summed E-state index contributed by atoms with van der Waals surface area (Å²) in [4.78, 5) is 28.5. The first kappa shape index (κ1) is 19.0. The lowest BCUT2D eigenvalue weighted by atomic mass is 10.2. The van der Waals surface area contributed by atoms with Crippen LogP contribution in [0.5, 0.6) is 11.5 Å². The maximum atomic E-state index is 12.1. The normalized spacial score (nSPS) is 11.6. The first-order valence-electron chi connectivity index (χ1n) is 7.93. The van der Waals surface area contributed by atoms with Crippen molar-refractivity contribution in [2.45, 2.75) is 32.7 Å². The Labute approximate surface area is 149 Å². The molecular formula is C17H22N2O5S. The number of methoxy groups -OCH3 is 3. The number of ether oxygens (including phenoxy) is 3. The summed E-state index contributed by atoms with van der Waals surface area (Å²) in [5.74, 6) is 0.489. The average molecular weight is 366 g/mol. The number of benzene rings is 1. The predicted octanol–water partition coefficient (Wildman–Crippen LogP) is 2.51. The van der Waals surface area contributed by atoms with E-state index in [2.05, 4.69) is 4.99 Å². The van der Waals surface area contributed by atoms with Gasteiger partial charge in [0.15, 0.2) is 16.3 Å². The molecular weight excluding hydrogens is 344 g/mol. The number of aromatic nitrogens is 1. The largest absolute Gasteiger partial charge is 0.493 e. The molecule has 8 heteroatoms. The number of esters is 1. The van der Waals surface area contributed by atoms with Crippen LogP contribution in [0.2, 0.25) is 0 Å². The van der Waals surface area contributed by atoms with Crippen LogP contribution in [0.15, 0.2) is 17.1 Å². The minimum Gasteiger partial charge on any atom is -0.493 e. The Balaban J connectivity index is 2.62. The Hall–Kier alpha value is -2.35. The van der Waals surface area contributed by atoms with E-state index in [4.69, 9.17) is 14.2 Å². The second-order valence-corrected chi connectivity index (χ2v) is 6.34. The van der Waals surface area contributed by atoms with Crippen molar-refractivity contribution >= 4 is 33.4 Å². The van der Waals surface area contributed by atoms with E-state index in [1.807, 2.05) is 13.0 Å². The fourth-order valence-electron chi connectivity index (χ4n) is 2.32. The van der Waals surface area contributed by atoms with E-state index in [9.17, 15) is 9.59 Å². The van der Waals surface area contributed by atoms with Gasteiger partial charge in [-0.05, 0) is 6.42 Å². The Bertz CT molecular complexity index is 837. The molecule has 0 N–H and O–H groups in total. The van der Waals surface area contributed by atoms with Crippen LogP contribution in [0.1, 0.15) is 26.2 Å². The van der Waals surface area contributed by atoms with Crippen LogP contribution in [0, 0.1) is 0 Å². The highest BCUT2D eigenvalue weighted by Gasteiger charge is 2.15. The van der Waals surface area contributed by atoms with Crippen molar-refractivity contribution in [3.63, 3.8) is 0 Å². The van der Waals surface area contributed by atoms with Gasteiger partial charge in [0, 0.05) is 18.6 Å². The number of hydrogen-bond acceptors (Lipinski definition) is 6. The SMILES string of the molecule is CCCCC(=O)N=c1sc2cc(OC)c(OC)cc2n1CC(=O)OC. The second kappa shape index (κ2) is 8.66. The third-order valence-electron chi connectivity index (χ3n) is 3.67. The van der Waals surface area contributed by atoms with E-state index >= 15 is 0 Å². The van der Waals surface area contributed by atoms with Crippen molar-refractivity contribution in [3.8, 4) is 11.5 Å². The summed E-state index contributed by atoms with van der Waals surface area (Å²) < 4.78 is 17.9. The number of unbranched alkanes of at least 4 members (excludes halogenated alkanes) is 1. The van der Waals surface area contributed by atoms with Gasteiger partial charge in [0.05, 0.1) is 31.5 Å². The second-order valence-electron chi connectivity index (χ2n) is 5.33. The molecule has 0 aliphatic heterocycles. The van der Waals surface area contributed by atoms with Gasteiger partial charge < -0.3 is 18.8 Å². The Kier molecular flexibility index (Phi) is 6.58. The number of fused-ring (bicyclic) bond motifs is 1. The maximum Gasteiger partial charge on any atom is 0.325 e. The zero-order chi connectivity index (χ0) is 18.4. The van der Waals surface area contributed by atoms with Crippen LogP contribution in [0.4, 0.5) is 0 Å². The van der Waals surface area contributed by atoms with Crippen molar-refractivity contribution in [2.24, 2.45) is 4.99 Å². The Morgan fingerprint density at radius 2 is 1.84 bits per heavy atom. The minimum absolute atomic E-state index is 0.0358. The molecule has 0 saturated heterocycles. The van der Waals surface area contributed by atoms with E-state index in [-0.39, 0.29) is 12.5 Å². The molecule has 7 nitrogen and oxygen atoms in total. The number of carbonyl (C=O) groups is 2. The monoisotopic (exact) mass is 366 g/mol. The highest BCUT2D eigenvalue weighted by molar-refractivity contribution is 7.16. The van der Waals surface area contributed by atoms with Crippen LogP contribution >= 0.6 is 11.3 Å². The van der Waals surface area contributed by atoms with Gasteiger partial charge in [0.25, 0.3) is 0 Å². The summed E-state index contributed by atoms with van der Waals surface area (Å²) in [6, 6.07) is 3.57. The van der Waals surface area contributed by atoms with Crippen molar-refractivity contribution < 1.29 is 23.8 Å². The summed E-state index contributed by atoms with van der Waals surface area (Å²) in [7, 11) is 4.42. The first-order chi connectivity index (χ1) is 12.0. The van der Waals surface area contributed by atoms with E-state index < -0.39 is 5.97 Å². The number of rotatable bonds is 7. The lowest BCUT2D eigenvalue weighted by Gasteiger charge is -2.09. The molecule has 1 amide bonds. The highest BCUT2D eigenvalue weighted by atomic mass is 32.1. The maximum absolute atomic E-state index is 12.1. The van der Waals surface area contributed by atoms with Gasteiger partial charge in [-0.1, -0.05) is 24.7 Å². The molecule has 1 aromatic carbocycles. The van der Waals surface area contributed by atoms with Crippen molar-refractivity contribution in [1.82, 2.24) is 4.57 Å². The molecule has 0 bridgehead atoms. The van der Waals surface area contributed by atoms with Crippen LogP contribution in [-0.4, -0.2) is 37.8 Å². The summed E-state index contributed by atoms with van der Waals surface area (Å²) in [5.41, 5.74) is 0.732. The Morgan fingerprint density at radius 3 is 2.44 bits per heavy atom. The molecule has 1 aromatic heterocycles. The molecule has 2 aromatic rings. The highest BCUT2D eigenvalue weighted by Crippen LogP contribution is 2.33. The lowest BCUT2D eigenvalue weighted by Crippen LogP contribution is -2.22. The minimum atomic E-state index is -0.419. The molecule has 2 rings (SSSR count). The zero-order valence-electron chi connectivity index (χ0n) is 14.8. The van der Waals surface area contributed by atoms with E-state index in [0.717, 1.165) is 23.1 Å². The molecule has 0 aliphatic rings. The Morgan fingerprint density at radius 1 is 1.16 bits per heavy atom. The molecule has 0 spiro atoms. The van der Waals surface area contributed by atoms with E-state index in [1.165, 1.54) is 18.4 Å². The number of hydrogen-bond donors (Lipinski definition) is 0. The molecule has 0 saturated carbocycles. The predicted molar refractivity (Wildman–Crippen MR) is 95.0 cm³/mol. The quantitative estimate of drug-likeness (QED) is 0.704. The fraction of sp³-hybridized carbons (Fsp3) is 0.471. The van der Waals surface area contributed by atoms with Gasteiger partial charge in [-0.25, -0.2) is 0 Å². The third-order valence-corrected chi connectivity index (χ3v) is 4.71. The molecule has 0 aliphatic carbocycles. The van der Waals surface area contributed by atoms with Gasteiger partial charge in [-0.15, -0.1) is 0 Å². The van der Waals surface area contributed by atoms with Crippen molar-refractivity contribution in [1.29, 1.82) is 0 Å². The van der Waals surface area contributed by atoms with E-state index in [1.54, 1.807) is 24.9 Å². The van der Waals surface area contributed by atoms with Gasteiger partial charge in [0.2, 0.25) is 5.91 Å². The summed E-state index contributed by atoms with van der Waals surface area (Å²) in [6.45, 7) is 1.98. The summed E-state index contributed by atoms with van der Waals surface area (Å²) in [6.07, 6.45) is 2.09. The van der Waals surface area contributed by atoms with Gasteiger partial charge in [0.1, 0.15) is 6.54 Å². The van der Waals surface area contributed by atoms with Gasteiger partial charge in [-0.3, -0.25) is 9.59 Å². The zero-order valence-corrected chi connectivity index (χ0v) is 15.6. The lowest BCUT2D eigenvalue weighted by molar-refractivity contribution is -0.141. The summed E-state index contributed by atoms with van der Waals surface area (Å²) in [5, 5.41) is 0. The van der Waals surface area contributed by atoms with Crippen molar-refractivity contribution in [2.75, 3.05) is 21.3 Å².